The number of furan rings is 1. The number of hydrogen-bond acceptors (Lipinski definition) is 4. The third-order valence-corrected chi connectivity index (χ3v) is 3.12. The molecular formula is C15H13N3O3. The Morgan fingerprint density at radius 3 is 2.71 bits per heavy atom. The molecule has 6 heteroatoms. The van der Waals surface area contributed by atoms with Crippen molar-refractivity contribution in [1.29, 1.82) is 0 Å². The molecular weight excluding hydrogens is 270 g/mol. The maximum absolute atomic E-state index is 11.5. The van der Waals surface area contributed by atoms with Crippen molar-refractivity contribution in [1.82, 2.24) is 14.8 Å². The first kappa shape index (κ1) is 13.1. The van der Waals surface area contributed by atoms with Crippen LogP contribution in [0.15, 0.2) is 41.1 Å². The van der Waals surface area contributed by atoms with Gasteiger partial charge in [0.05, 0.1) is 0 Å². The van der Waals surface area contributed by atoms with Crippen LogP contribution in [0.4, 0.5) is 0 Å². The van der Waals surface area contributed by atoms with Gasteiger partial charge in [0.15, 0.2) is 5.82 Å². The van der Waals surface area contributed by atoms with Gasteiger partial charge in [-0.1, -0.05) is 6.07 Å². The molecule has 0 aliphatic heterocycles. The molecule has 6 nitrogen and oxygen atoms in total. The van der Waals surface area contributed by atoms with E-state index < -0.39 is 5.97 Å². The lowest BCUT2D eigenvalue weighted by atomic mass is 10.1. The molecule has 106 valence electrons. The Kier molecular flexibility index (Phi) is 3.06. The van der Waals surface area contributed by atoms with Gasteiger partial charge in [0, 0.05) is 18.0 Å². The minimum absolute atomic E-state index is 0.115. The zero-order chi connectivity index (χ0) is 15.0. The van der Waals surface area contributed by atoms with Gasteiger partial charge in [0.1, 0.15) is 22.8 Å². The largest absolute Gasteiger partial charge is 0.478 e. The highest BCUT2D eigenvalue weighted by Crippen LogP contribution is 2.28. The molecule has 0 aromatic carbocycles. The van der Waals surface area contributed by atoms with E-state index >= 15 is 0 Å². The maximum Gasteiger partial charge on any atom is 0.339 e. The average molecular weight is 283 g/mol. The van der Waals surface area contributed by atoms with Gasteiger partial charge in [-0.2, -0.15) is 5.10 Å². The van der Waals surface area contributed by atoms with Crippen LogP contribution >= 0.6 is 0 Å². The van der Waals surface area contributed by atoms with Gasteiger partial charge >= 0.3 is 5.97 Å². The molecule has 0 fully saturated rings. The molecule has 3 aromatic heterocycles. The Balaban J connectivity index is 2.18. The smallest absolute Gasteiger partial charge is 0.339 e. The summed E-state index contributed by atoms with van der Waals surface area (Å²) in [7, 11) is 0. The molecule has 0 saturated carbocycles. The fraction of sp³-hybridized carbons (Fsp3) is 0.133. The van der Waals surface area contributed by atoms with E-state index in [4.69, 9.17) is 4.42 Å². The summed E-state index contributed by atoms with van der Waals surface area (Å²) in [5.41, 5.74) is 1.17. The number of aromatic carboxylic acids is 1. The van der Waals surface area contributed by atoms with Gasteiger partial charge in [-0.15, -0.1) is 0 Å². The van der Waals surface area contributed by atoms with Crippen LogP contribution in [0.3, 0.4) is 0 Å². The average Bonchev–Trinajstić information content (AvgIpc) is 3.03. The highest BCUT2D eigenvalue weighted by Gasteiger charge is 2.21. The Morgan fingerprint density at radius 1 is 1.33 bits per heavy atom. The summed E-state index contributed by atoms with van der Waals surface area (Å²) < 4.78 is 6.92. The van der Waals surface area contributed by atoms with Gasteiger partial charge in [0.25, 0.3) is 0 Å². The summed E-state index contributed by atoms with van der Waals surface area (Å²) in [6, 6.07) is 7.15. The van der Waals surface area contributed by atoms with Crippen LogP contribution in [-0.4, -0.2) is 25.8 Å². The highest BCUT2D eigenvalue weighted by molar-refractivity contribution is 5.95. The zero-order valence-electron chi connectivity index (χ0n) is 11.6. The SMILES string of the molecule is Cc1cc(-c2nn(-c3ccccn3)cc2C(=O)O)c(C)o1. The number of pyridine rings is 1. The molecule has 3 heterocycles. The number of aryl methyl sites for hydroxylation is 2. The topological polar surface area (TPSA) is 81.2 Å². The maximum atomic E-state index is 11.5. The number of nitrogens with zero attached hydrogens (tertiary/aromatic N) is 3. The fourth-order valence-corrected chi connectivity index (χ4v) is 2.20. The number of carboxylic acid groups (broad SMARTS) is 1. The van der Waals surface area contributed by atoms with E-state index in [0.29, 0.717) is 28.6 Å². The summed E-state index contributed by atoms with van der Waals surface area (Å²) in [5.74, 6) is 0.877. The molecule has 1 N–H and O–H groups in total. The Labute approximate surface area is 120 Å². The van der Waals surface area contributed by atoms with Crippen molar-refractivity contribution in [2.24, 2.45) is 0 Å². The minimum atomic E-state index is -1.04. The van der Waals surface area contributed by atoms with Crippen LogP contribution in [0.1, 0.15) is 21.9 Å². The highest BCUT2D eigenvalue weighted by atomic mass is 16.4. The van der Waals surface area contributed by atoms with E-state index in [1.807, 2.05) is 13.0 Å². The number of hydrogen-bond donors (Lipinski definition) is 1. The Bertz CT molecular complexity index is 803. The summed E-state index contributed by atoms with van der Waals surface area (Å²) in [4.78, 5) is 15.6. The van der Waals surface area contributed by atoms with Crippen molar-refractivity contribution >= 4 is 5.97 Å². The van der Waals surface area contributed by atoms with Crippen LogP contribution in [0.25, 0.3) is 17.1 Å². The van der Waals surface area contributed by atoms with E-state index in [1.165, 1.54) is 10.9 Å². The van der Waals surface area contributed by atoms with Crippen LogP contribution in [-0.2, 0) is 0 Å². The second-order valence-corrected chi connectivity index (χ2v) is 4.66. The standard InChI is InChI=1S/C15H13N3O3/c1-9-7-11(10(2)21-9)14-12(15(19)20)8-18(17-14)13-5-3-4-6-16-13/h3-8H,1-2H3,(H,19,20). The summed E-state index contributed by atoms with van der Waals surface area (Å²) in [5, 5.41) is 13.7. The first-order valence-corrected chi connectivity index (χ1v) is 6.38. The van der Waals surface area contributed by atoms with E-state index in [-0.39, 0.29) is 5.56 Å². The molecule has 0 atom stereocenters. The summed E-state index contributed by atoms with van der Waals surface area (Å²) in [6.45, 7) is 3.60. The van der Waals surface area contributed by atoms with E-state index in [2.05, 4.69) is 10.1 Å². The van der Waals surface area contributed by atoms with Crippen molar-refractivity contribution in [3.63, 3.8) is 0 Å². The summed E-state index contributed by atoms with van der Waals surface area (Å²) >= 11 is 0. The number of rotatable bonds is 3. The molecule has 0 aliphatic carbocycles. The van der Waals surface area contributed by atoms with Crippen molar-refractivity contribution in [3.8, 4) is 17.1 Å². The van der Waals surface area contributed by atoms with Gasteiger partial charge in [-0.05, 0) is 32.0 Å². The molecule has 3 aromatic rings. The number of carbonyl (C=O) groups is 1. The minimum Gasteiger partial charge on any atom is -0.478 e. The predicted octanol–water partition coefficient (Wildman–Crippen LogP) is 2.84. The lowest BCUT2D eigenvalue weighted by molar-refractivity contribution is 0.0697. The molecule has 21 heavy (non-hydrogen) atoms. The van der Waals surface area contributed by atoms with Crippen LogP contribution in [0.2, 0.25) is 0 Å². The van der Waals surface area contributed by atoms with Crippen LogP contribution in [0, 0.1) is 13.8 Å². The monoisotopic (exact) mass is 283 g/mol. The van der Waals surface area contributed by atoms with E-state index in [9.17, 15) is 9.90 Å². The van der Waals surface area contributed by atoms with Crippen molar-refractivity contribution < 1.29 is 14.3 Å². The number of aromatic nitrogens is 3. The Morgan fingerprint density at radius 2 is 2.14 bits per heavy atom. The van der Waals surface area contributed by atoms with E-state index in [1.54, 1.807) is 31.3 Å². The molecule has 0 aliphatic rings. The fourth-order valence-electron chi connectivity index (χ4n) is 2.20. The first-order valence-electron chi connectivity index (χ1n) is 6.38. The van der Waals surface area contributed by atoms with Gasteiger partial charge < -0.3 is 9.52 Å². The molecule has 0 unspecified atom stereocenters. The quantitative estimate of drug-likeness (QED) is 0.799. The van der Waals surface area contributed by atoms with Crippen molar-refractivity contribution in [2.75, 3.05) is 0 Å². The van der Waals surface area contributed by atoms with E-state index in [0.717, 1.165) is 0 Å². The van der Waals surface area contributed by atoms with Crippen molar-refractivity contribution in [3.05, 3.63) is 53.7 Å². The lowest BCUT2D eigenvalue weighted by Gasteiger charge is -1.98. The predicted molar refractivity (Wildman–Crippen MR) is 75.5 cm³/mol. The Hall–Kier alpha value is -2.89. The second kappa shape index (κ2) is 4.90. The third kappa shape index (κ3) is 2.31. The van der Waals surface area contributed by atoms with Crippen molar-refractivity contribution in [2.45, 2.75) is 13.8 Å². The normalized spacial score (nSPS) is 10.8. The van der Waals surface area contributed by atoms with Gasteiger partial charge in [-0.25, -0.2) is 14.5 Å². The molecule has 0 amide bonds. The lowest BCUT2D eigenvalue weighted by Crippen LogP contribution is -1.97. The van der Waals surface area contributed by atoms with Gasteiger partial charge in [0.2, 0.25) is 0 Å². The summed E-state index contributed by atoms with van der Waals surface area (Å²) in [6.07, 6.45) is 3.09. The third-order valence-electron chi connectivity index (χ3n) is 3.12. The second-order valence-electron chi connectivity index (χ2n) is 4.66. The molecule has 0 saturated heterocycles. The molecule has 3 rings (SSSR count). The number of carboxylic acids is 1. The molecule has 0 radical (unpaired) electrons. The molecule has 0 bridgehead atoms. The molecule has 0 spiro atoms. The van der Waals surface area contributed by atoms with Gasteiger partial charge in [-0.3, -0.25) is 0 Å². The first-order chi connectivity index (χ1) is 10.1. The zero-order valence-corrected chi connectivity index (χ0v) is 11.6. The van der Waals surface area contributed by atoms with Crippen LogP contribution < -0.4 is 0 Å². The van der Waals surface area contributed by atoms with Crippen LogP contribution in [0.5, 0.6) is 0 Å².